The molecule has 4 nitrogen and oxygen atoms in total. The highest BCUT2D eigenvalue weighted by Crippen LogP contribution is 2.46. The quantitative estimate of drug-likeness (QED) is 0.789. The number of amides is 1. The number of ketones is 1. The molecule has 7 heteroatoms. The van der Waals surface area contributed by atoms with Crippen LogP contribution < -0.4 is 0 Å². The molecular formula is C14H12BrNO3S2. The van der Waals surface area contributed by atoms with Gasteiger partial charge in [-0.1, -0.05) is 46.0 Å². The molecule has 0 saturated carbocycles. The van der Waals surface area contributed by atoms with Crippen LogP contribution in [-0.2, 0) is 21.6 Å². The van der Waals surface area contributed by atoms with Gasteiger partial charge in [0.15, 0.2) is 11.4 Å². The highest BCUT2D eigenvalue weighted by Gasteiger charge is 2.57. The molecule has 3 rings (SSSR count). The van der Waals surface area contributed by atoms with Crippen molar-refractivity contribution in [2.24, 2.45) is 0 Å². The van der Waals surface area contributed by atoms with Gasteiger partial charge in [-0.15, -0.1) is 0 Å². The van der Waals surface area contributed by atoms with Crippen molar-refractivity contribution < 1.29 is 14.7 Å². The first-order valence-electron chi connectivity index (χ1n) is 6.46. The van der Waals surface area contributed by atoms with Gasteiger partial charge in [-0.25, -0.2) is 0 Å². The van der Waals surface area contributed by atoms with Crippen LogP contribution in [0.3, 0.4) is 0 Å². The molecule has 0 aromatic heterocycles. The van der Waals surface area contributed by atoms with Crippen LogP contribution in [0.4, 0.5) is 0 Å². The first kappa shape index (κ1) is 15.1. The van der Waals surface area contributed by atoms with Crippen LogP contribution in [0.15, 0.2) is 22.7 Å². The Balaban J connectivity index is 2.10. The summed E-state index contributed by atoms with van der Waals surface area (Å²) in [6, 6.07) is 5.34. The van der Waals surface area contributed by atoms with Crippen LogP contribution in [0.1, 0.15) is 18.1 Å². The number of hydrogen-bond donors (Lipinski definition) is 1. The molecule has 0 spiro atoms. The van der Waals surface area contributed by atoms with E-state index in [2.05, 4.69) is 15.9 Å². The fourth-order valence-electron chi connectivity index (χ4n) is 2.80. The summed E-state index contributed by atoms with van der Waals surface area (Å²) in [5.41, 5.74) is -0.525. The van der Waals surface area contributed by atoms with E-state index >= 15 is 0 Å². The van der Waals surface area contributed by atoms with Crippen molar-refractivity contribution in [2.75, 3.05) is 6.54 Å². The number of nitrogens with zero attached hydrogens (tertiary/aromatic N) is 1. The van der Waals surface area contributed by atoms with Crippen molar-refractivity contribution >= 4 is 55.9 Å². The van der Waals surface area contributed by atoms with Crippen molar-refractivity contribution in [2.45, 2.75) is 24.2 Å². The molecule has 1 amide bonds. The second kappa shape index (κ2) is 5.15. The largest absolute Gasteiger partial charge is 0.376 e. The number of hydrogen-bond acceptors (Lipinski definition) is 5. The van der Waals surface area contributed by atoms with E-state index in [0.29, 0.717) is 16.4 Å². The fourth-order valence-corrected chi connectivity index (χ4v) is 4.87. The Kier molecular flexibility index (Phi) is 3.72. The summed E-state index contributed by atoms with van der Waals surface area (Å²) in [7, 11) is 0. The summed E-state index contributed by atoms with van der Waals surface area (Å²) < 4.78 is 1.18. The van der Waals surface area contributed by atoms with E-state index in [1.807, 2.05) is 13.0 Å². The lowest BCUT2D eigenvalue weighted by Crippen LogP contribution is -2.47. The average Bonchev–Trinajstić information content (AvgIpc) is 2.87. The first-order chi connectivity index (χ1) is 9.89. The molecule has 0 radical (unpaired) electrons. The van der Waals surface area contributed by atoms with E-state index in [0.717, 1.165) is 21.8 Å². The number of rotatable bonds is 2. The molecule has 1 N–H and O–H groups in total. The smallest absolute Gasteiger partial charge is 0.245 e. The number of Topliss-reactive ketones (excluding diaryl/α,β-unsaturated/α-hetero) is 1. The van der Waals surface area contributed by atoms with E-state index < -0.39 is 10.9 Å². The number of halogens is 1. The Hall–Kier alpha value is -0.760. The predicted octanol–water partition coefficient (Wildman–Crippen LogP) is 2.01. The Labute approximate surface area is 140 Å². The van der Waals surface area contributed by atoms with Crippen LogP contribution >= 0.6 is 39.9 Å². The van der Waals surface area contributed by atoms with Gasteiger partial charge in [0.2, 0.25) is 5.91 Å². The molecular weight excluding hydrogens is 374 g/mol. The predicted molar refractivity (Wildman–Crippen MR) is 88.1 cm³/mol. The maximum atomic E-state index is 12.5. The minimum absolute atomic E-state index is 0.141. The van der Waals surface area contributed by atoms with Gasteiger partial charge in [0.1, 0.15) is 9.57 Å². The minimum atomic E-state index is -1.80. The molecule has 110 valence electrons. The summed E-state index contributed by atoms with van der Waals surface area (Å²) in [6.07, 6.45) is 0.141. The second-order valence-electron chi connectivity index (χ2n) is 5.01. The molecule has 1 aliphatic carbocycles. The van der Waals surface area contributed by atoms with Crippen LogP contribution in [-0.4, -0.2) is 37.8 Å². The molecule has 1 heterocycles. The number of carbonyl (C=O) groups is 2. The number of benzene rings is 1. The van der Waals surface area contributed by atoms with Crippen molar-refractivity contribution in [3.8, 4) is 0 Å². The summed E-state index contributed by atoms with van der Waals surface area (Å²) >= 11 is 9.62. The second-order valence-corrected chi connectivity index (χ2v) is 7.67. The van der Waals surface area contributed by atoms with Gasteiger partial charge in [0.25, 0.3) is 0 Å². The Morgan fingerprint density at radius 3 is 2.86 bits per heavy atom. The number of fused-ring (bicyclic) bond motifs is 1. The van der Waals surface area contributed by atoms with Crippen molar-refractivity contribution in [1.82, 2.24) is 4.90 Å². The Bertz CT molecular complexity index is 678. The Morgan fingerprint density at radius 1 is 1.52 bits per heavy atom. The number of thioether (sulfide) groups is 1. The van der Waals surface area contributed by atoms with Gasteiger partial charge in [-0.3, -0.25) is 14.5 Å². The van der Waals surface area contributed by atoms with Crippen LogP contribution in [0, 0.1) is 0 Å². The summed E-state index contributed by atoms with van der Waals surface area (Å²) in [5.74, 6) is -0.640. The first-order valence-corrected chi connectivity index (χ1v) is 8.54. The van der Waals surface area contributed by atoms with Gasteiger partial charge in [0, 0.05) is 17.4 Å². The monoisotopic (exact) mass is 385 g/mol. The third-order valence-electron chi connectivity index (χ3n) is 3.88. The van der Waals surface area contributed by atoms with E-state index in [1.54, 1.807) is 12.1 Å². The molecule has 1 aromatic carbocycles. The fraction of sp³-hybridized carbons (Fsp3) is 0.357. The SMILES string of the molecule is CCN1C(=O)C(C2(O)C(=O)Cc3ccc(Br)cc32)SC1=S. The van der Waals surface area contributed by atoms with Gasteiger partial charge in [-0.05, 0) is 30.2 Å². The normalized spacial score (nSPS) is 28.4. The van der Waals surface area contributed by atoms with Crippen molar-refractivity contribution in [3.63, 3.8) is 0 Å². The Morgan fingerprint density at radius 2 is 2.24 bits per heavy atom. The summed E-state index contributed by atoms with van der Waals surface area (Å²) in [6.45, 7) is 2.26. The number of aliphatic hydroxyl groups is 1. The van der Waals surface area contributed by atoms with Gasteiger partial charge in [0.05, 0.1) is 0 Å². The maximum Gasteiger partial charge on any atom is 0.245 e. The van der Waals surface area contributed by atoms with Crippen LogP contribution in [0.25, 0.3) is 0 Å². The molecule has 2 atom stereocenters. The topological polar surface area (TPSA) is 57.6 Å². The average molecular weight is 386 g/mol. The minimum Gasteiger partial charge on any atom is -0.376 e. The van der Waals surface area contributed by atoms with Gasteiger partial charge < -0.3 is 5.11 Å². The van der Waals surface area contributed by atoms with Gasteiger partial charge in [-0.2, -0.15) is 0 Å². The van der Waals surface area contributed by atoms with Crippen molar-refractivity contribution in [3.05, 3.63) is 33.8 Å². The lowest BCUT2D eigenvalue weighted by Gasteiger charge is -2.27. The number of thiocarbonyl (C=S) groups is 1. The third kappa shape index (κ3) is 2.10. The molecule has 2 unspecified atom stereocenters. The molecule has 0 bridgehead atoms. The molecule has 21 heavy (non-hydrogen) atoms. The van der Waals surface area contributed by atoms with Crippen molar-refractivity contribution in [1.29, 1.82) is 0 Å². The summed E-state index contributed by atoms with van der Waals surface area (Å²) in [5, 5.41) is 10.1. The molecule has 1 aliphatic heterocycles. The zero-order valence-electron chi connectivity index (χ0n) is 11.1. The highest BCUT2D eigenvalue weighted by atomic mass is 79.9. The zero-order chi connectivity index (χ0) is 15.4. The maximum absolute atomic E-state index is 12.5. The zero-order valence-corrected chi connectivity index (χ0v) is 14.3. The standard InChI is InChI=1S/C14H12BrNO3S2/c1-2-16-12(18)11(21-13(16)20)14(19)9-6-8(15)4-3-7(9)5-10(14)17/h3-4,6,11,19H,2,5H2,1H3. The third-order valence-corrected chi connectivity index (χ3v) is 6.09. The van der Waals surface area contributed by atoms with Crippen LogP contribution in [0.5, 0.6) is 0 Å². The van der Waals surface area contributed by atoms with E-state index in [1.165, 1.54) is 4.90 Å². The van der Waals surface area contributed by atoms with E-state index in [4.69, 9.17) is 12.2 Å². The van der Waals surface area contributed by atoms with E-state index in [9.17, 15) is 14.7 Å². The summed E-state index contributed by atoms with van der Waals surface area (Å²) in [4.78, 5) is 26.3. The van der Waals surface area contributed by atoms with Crippen LogP contribution in [0.2, 0.25) is 0 Å². The number of carbonyl (C=O) groups excluding carboxylic acids is 2. The van der Waals surface area contributed by atoms with E-state index in [-0.39, 0.29) is 18.1 Å². The lowest BCUT2D eigenvalue weighted by molar-refractivity contribution is -0.143. The highest BCUT2D eigenvalue weighted by molar-refractivity contribution is 9.10. The molecule has 1 saturated heterocycles. The molecule has 1 fully saturated rings. The lowest BCUT2D eigenvalue weighted by atomic mass is 9.90. The molecule has 1 aromatic rings. The van der Waals surface area contributed by atoms with Gasteiger partial charge >= 0.3 is 0 Å². The molecule has 2 aliphatic rings.